The summed E-state index contributed by atoms with van der Waals surface area (Å²) in [5.41, 5.74) is 3.08. The van der Waals surface area contributed by atoms with Gasteiger partial charge in [-0.05, 0) is 91.1 Å². The first-order valence-corrected chi connectivity index (χ1v) is 16.7. The first-order chi connectivity index (χ1) is 19.1. The fourth-order valence-electron chi connectivity index (χ4n) is 4.31. The summed E-state index contributed by atoms with van der Waals surface area (Å²) in [7, 11) is -7.35. The maximum Gasteiger partial charge on any atom is 0.339 e. The Morgan fingerprint density at radius 3 is 1.41 bits per heavy atom. The third-order valence-electron chi connectivity index (χ3n) is 7.36. The van der Waals surface area contributed by atoms with E-state index in [9.17, 15) is 16.8 Å². The molecule has 0 aliphatic rings. The molecule has 0 aliphatic heterocycles. The second kappa shape index (κ2) is 11.3. The zero-order valence-electron chi connectivity index (χ0n) is 24.2. The van der Waals surface area contributed by atoms with E-state index < -0.39 is 20.0 Å². The van der Waals surface area contributed by atoms with Gasteiger partial charge in [-0.15, -0.1) is 0 Å². The van der Waals surface area contributed by atoms with Gasteiger partial charge in [-0.3, -0.25) is 0 Å². The van der Waals surface area contributed by atoms with E-state index in [4.69, 9.17) is 8.92 Å². The molecule has 0 saturated heterocycles. The molecule has 41 heavy (non-hydrogen) atoms. The zero-order valence-corrected chi connectivity index (χ0v) is 25.8. The highest BCUT2D eigenvalue weighted by Gasteiger charge is 2.25. The summed E-state index contributed by atoms with van der Waals surface area (Å²) in [5.74, 6) is 1.04. The van der Waals surface area contributed by atoms with Crippen molar-refractivity contribution in [3.8, 4) is 22.6 Å². The predicted octanol–water partition coefficient (Wildman–Crippen LogP) is 7.42. The second-order valence-corrected chi connectivity index (χ2v) is 14.8. The van der Waals surface area contributed by atoms with Gasteiger partial charge in [0, 0.05) is 11.7 Å². The molecular weight excluding hydrogens is 556 g/mol. The van der Waals surface area contributed by atoms with E-state index in [1.807, 2.05) is 24.3 Å². The molecule has 6 nitrogen and oxygen atoms in total. The number of benzene rings is 4. The van der Waals surface area contributed by atoms with Crippen LogP contribution in [0.15, 0.2) is 107 Å². The fourth-order valence-corrected chi connectivity index (χ4v) is 5.87. The number of ether oxygens (including phenoxy) is 1. The van der Waals surface area contributed by atoms with Crippen LogP contribution >= 0.6 is 0 Å². The predicted molar refractivity (Wildman–Crippen MR) is 163 cm³/mol. The summed E-state index contributed by atoms with van der Waals surface area (Å²) in [4.78, 5) is 0.245. The third kappa shape index (κ3) is 7.18. The van der Waals surface area contributed by atoms with Gasteiger partial charge in [0.2, 0.25) is 0 Å². The van der Waals surface area contributed by atoms with Gasteiger partial charge in [0.25, 0.3) is 0 Å². The molecule has 216 valence electrons. The molecule has 4 aromatic carbocycles. The highest BCUT2D eigenvalue weighted by Crippen LogP contribution is 2.34. The smallest absolute Gasteiger partial charge is 0.339 e. The Bertz CT molecular complexity index is 1700. The van der Waals surface area contributed by atoms with Crippen LogP contribution in [0.3, 0.4) is 0 Å². The molecule has 0 amide bonds. The highest BCUT2D eigenvalue weighted by molar-refractivity contribution is 7.90. The van der Waals surface area contributed by atoms with E-state index >= 15 is 0 Å². The van der Waals surface area contributed by atoms with Gasteiger partial charge in [0.05, 0.1) is 4.90 Å². The Morgan fingerprint density at radius 1 is 0.585 bits per heavy atom. The van der Waals surface area contributed by atoms with Crippen LogP contribution in [-0.4, -0.2) is 28.7 Å². The van der Waals surface area contributed by atoms with Crippen molar-refractivity contribution in [3.63, 3.8) is 0 Å². The Hall–Kier alpha value is -3.62. The Labute approximate surface area is 244 Å². The molecule has 4 aromatic rings. The average Bonchev–Trinajstić information content (AvgIpc) is 2.93. The SMILES string of the molecule is CCC(C)(C)Oc1ccc(C(C)(C)c2ccc(OS(=O)(=O)c3ccc(-c4ccc(S(C)(=O)=O)cc4)cc3)cc2)cc1. The van der Waals surface area contributed by atoms with Gasteiger partial charge >= 0.3 is 10.1 Å². The van der Waals surface area contributed by atoms with Crippen molar-refractivity contribution >= 4 is 20.0 Å². The molecule has 8 heteroatoms. The lowest BCUT2D eigenvalue weighted by Crippen LogP contribution is -2.26. The topological polar surface area (TPSA) is 86.7 Å². The zero-order chi connectivity index (χ0) is 30.1. The van der Waals surface area contributed by atoms with E-state index in [-0.39, 0.29) is 26.6 Å². The van der Waals surface area contributed by atoms with Crippen molar-refractivity contribution in [3.05, 3.63) is 108 Å². The quantitative estimate of drug-likeness (QED) is 0.178. The summed E-state index contributed by atoms with van der Waals surface area (Å²) in [6, 6.07) is 27.9. The van der Waals surface area contributed by atoms with Crippen molar-refractivity contribution < 1.29 is 25.8 Å². The van der Waals surface area contributed by atoms with Crippen LogP contribution in [-0.2, 0) is 25.4 Å². The maximum absolute atomic E-state index is 13.0. The van der Waals surface area contributed by atoms with E-state index in [2.05, 4.69) is 46.8 Å². The minimum Gasteiger partial charge on any atom is -0.488 e. The fraction of sp³-hybridized carbons (Fsp3) is 0.273. The minimum atomic E-state index is -4.05. The van der Waals surface area contributed by atoms with Gasteiger partial charge in [-0.25, -0.2) is 8.42 Å². The molecule has 0 N–H and O–H groups in total. The lowest BCUT2D eigenvalue weighted by atomic mass is 9.78. The van der Waals surface area contributed by atoms with Crippen LogP contribution in [0.25, 0.3) is 11.1 Å². The number of hydrogen-bond acceptors (Lipinski definition) is 6. The summed E-state index contributed by atoms with van der Waals surface area (Å²) >= 11 is 0. The van der Waals surface area contributed by atoms with Crippen molar-refractivity contribution in [1.82, 2.24) is 0 Å². The molecule has 0 radical (unpaired) electrons. The van der Waals surface area contributed by atoms with Crippen molar-refractivity contribution in [2.45, 2.75) is 61.8 Å². The molecule has 0 unspecified atom stereocenters. The molecule has 0 spiro atoms. The molecule has 0 atom stereocenters. The van der Waals surface area contributed by atoms with E-state index in [0.29, 0.717) is 0 Å². The summed E-state index contributed by atoms with van der Waals surface area (Å²) in [6.07, 6.45) is 2.05. The monoisotopic (exact) mass is 592 g/mol. The van der Waals surface area contributed by atoms with Crippen molar-refractivity contribution in [2.75, 3.05) is 6.26 Å². The maximum atomic E-state index is 13.0. The summed E-state index contributed by atoms with van der Waals surface area (Å²) in [5, 5.41) is 0. The van der Waals surface area contributed by atoms with Gasteiger partial charge in [0.15, 0.2) is 9.84 Å². The van der Waals surface area contributed by atoms with Crippen LogP contribution in [0, 0.1) is 0 Å². The van der Waals surface area contributed by atoms with Crippen LogP contribution in [0.2, 0.25) is 0 Å². The lowest BCUT2D eigenvalue weighted by molar-refractivity contribution is 0.105. The van der Waals surface area contributed by atoms with E-state index in [1.165, 1.54) is 24.3 Å². The van der Waals surface area contributed by atoms with Crippen molar-refractivity contribution in [1.29, 1.82) is 0 Å². The Balaban J connectivity index is 1.46. The number of hydrogen-bond donors (Lipinski definition) is 0. The summed E-state index contributed by atoms with van der Waals surface area (Å²) < 4.78 is 60.8. The van der Waals surface area contributed by atoms with Gasteiger partial charge in [0.1, 0.15) is 22.0 Å². The average molecular weight is 593 g/mol. The molecule has 0 aromatic heterocycles. The Morgan fingerprint density at radius 2 is 1.00 bits per heavy atom. The van der Waals surface area contributed by atoms with Crippen LogP contribution in [0.4, 0.5) is 0 Å². The molecule has 0 fully saturated rings. The third-order valence-corrected chi connectivity index (χ3v) is 9.75. The molecule has 0 bridgehead atoms. The largest absolute Gasteiger partial charge is 0.488 e. The lowest BCUT2D eigenvalue weighted by Gasteiger charge is -2.28. The van der Waals surface area contributed by atoms with Crippen LogP contribution in [0.1, 0.15) is 52.2 Å². The molecule has 0 aliphatic carbocycles. The first-order valence-electron chi connectivity index (χ1n) is 13.4. The van der Waals surface area contributed by atoms with E-state index in [0.717, 1.165) is 40.7 Å². The van der Waals surface area contributed by atoms with Gasteiger partial charge in [-0.1, -0.05) is 69.3 Å². The van der Waals surface area contributed by atoms with Crippen LogP contribution in [0.5, 0.6) is 11.5 Å². The number of rotatable bonds is 10. The molecule has 4 rings (SSSR count). The van der Waals surface area contributed by atoms with Crippen LogP contribution < -0.4 is 8.92 Å². The van der Waals surface area contributed by atoms with Crippen molar-refractivity contribution in [2.24, 2.45) is 0 Å². The second-order valence-electron chi connectivity index (χ2n) is 11.2. The molecular formula is C33H36O6S2. The normalized spacial score (nSPS) is 12.6. The number of sulfone groups is 1. The summed E-state index contributed by atoms with van der Waals surface area (Å²) in [6.45, 7) is 10.4. The molecule has 0 saturated carbocycles. The van der Waals surface area contributed by atoms with Gasteiger partial charge < -0.3 is 8.92 Å². The van der Waals surface area contributed by atoms with Gasteiger partial charge in [-0.2, -0.15) is 8.42 Å². The minimum absolute atomic E-state index is 0.0203. The molecule has 0 heterocycles. The van der Waals surface area contributed by atoms with E-state index in [1.54, 1.807) is 36.4 Å². The first kappa shape index (κ1) is 30.3. The standard InChI is InChI=1S/C33H36O6S2/c1-7-32(2,3)38-28-16-12-26(13-17-28)33(4,5)27-14-18-29(19-15-27)39-41(36,37)31-22-10-25(11-23-31)24-8-20-30(21-9-24)40(6,34)35/h8-23H,7H2,1-6H3. The highest BCUT2D eigenvalue weighted by atomic mass is 32.2. The Kier molecular flexibility index (Phi) is 8.39.